The van der Waals surface area contributed by atoms with Crippen LogP contribution in [0.4, 0.5) is 0 Å². The fourth-order valence-electron chi connectivity index (χ4n) is 2.88. The zero-order chi connectivity index (χ0) is 20.4. The van der Waals surface area contributed by atoms with E-state index in [4.69, 9.17) is 9.47 Å². The van der Waals surface area contributed by atoms with E-state index in [0.717, 1.165) is 20.3 Å². The standard InChI is InChI=1S/C21H15BrN2O4S/c1-27-17-8-7-14(22)10-13(17)6-9-20(26)28-12-15-11-19(25)24-16-4-2-3-5-18(16)29-21(24)23-15/h2-11H,12H2,1H3/b9-6+. The van der Waals surface area contributed by atoms with Crippen LogP contribution in [-0.2, 0) is 16.1 Å². The van der Waals surface area contributed by atoms with Gasteiger partial charge in [-0.1, -0.05) is 39.4 Å². The molecule has 2 aromatic carbocycles. The zero-order valence-corrected chi connectivity index (χ0v) is 17.7. The Labute approximate surface area is 178 Å². The van der Waals surface area contributed by atoms with Gasteiger partial charge in [-0.05, 0) is 36.4 Å². The molecule has 0 aliphatic heterocycles. The minimum absolute atomic E-state index is 0.0845. The van der Waals surface area contributed by atoms with E-state index in [9.17, 15) is 9.59 Å². The summed E-state index contributed by atoms with van der Waals surface area (Å²) >= 11 is 4.80. The molecule has 0 bridgehead atoms. The summed E-state index contributed by atoms with van der Waals surface area (Å²) in [4.78, 5) is 29.6. The second-order valence-corrected chi connectivity index (χ2v) is 8.03. The number of ether oxygens (including phenoxy) is 2. The molecule has 0 radical (unpaired) electrons. The van der Waals surface area contributed by atoms with Crippen molar-refractivity contribution in [2.45, 2.75) is 6.61 Å². The smallest absolute Gasteiger partial charge is 0.331 e. The molecule has 2 aromatic heterocycles. The number of rotatable bonds is 5. The number of hydrogen-bond acceptors (Lipinski definition) is 6. The van der Waals surface area contributed by atoms with E-state index in [1.54, 1.807) is 23.7 Å². The summed E-state index contributed by atoms with van der Waals surface area (Å²) in [6.07, 6.45) is 2.93. The fraction of sp³-hybridized carbons (Fsp3) is 0.0952. The molecule has 0 saturated carbocycles. The molecule has 6 nitrogen and oxygen atoms in total. The number of nitrogens with zero attached hydrogens (tertiary/aromatic N) is 2. The Balaban J connectivity index is 1.51. The van der Waals surface area contributed by atoms with Gasteiger partial charge in [-0.15, -0.1) is 0 Å². The van der Waals surface area contributed by atoms with Gasteiger partial charge in [0.05, 0.1) is 23.0 Å². The van der Waals surface area contributed by atoms with E-state index in [-0.39, 0.29) is 12.2 Å². The van der Waals surface area contributed by atoms with Crippen LogP contribution < -0.4 is 10.3 Å². The number of benzene rings is 2. The van der Waals surface area contributed by atoms with E-state index in [1.807, 2.05) is 36.4 Å². The number of fused-ring (bicyclic) bond motifs is 3. The van der Waals surface area contributed by atoms with E-state index in [1.165, 1.54) is 23.5 Å². The SMILES string of the molecule is COc1ccc(Br)cc1/C=C/C(=O)OCc1cc(=O)n2c(n1)sc1ccccc12. The summed E-state index contributed by atoms with van der Waals surface area (Å²) < 4.78 is 13.9. The van der Waals surface area contributed by atoms with Gasteiger partial charge in [-0.2, -0.15) is 0 Å². The maximum Gasteiger partial charge on any atom is 0.331 e. The number of methoxy groups -OCH3 is 1. The van der Waals surface area contributed by atoms with Crippen molar-refractivity contribution in [3.8, 4) is 5.75 Å². The largest absolute Gasteiger partial charge is 0.496 e. The Bertz CT molecular complexity index is 1310. The normalized spacial score (nSPS) is 11.4. The summed E-state index contributed by atoms with van der Waals surface area (Å²) in [7, 11) is 1.56. The Morgan fingerprint density at radius 1 is 1.24 bits per heavy atom. The summed E-state index contributed by atoms with van der Waals surface area (Å²) in [6, 6.07) is 14.5. The van der Waals surface area contributed by atoms with Crippen molar-refractivity contribution < 1.29 is 14.3 Å². The first-order chi connectivity index (χ1) is 14.0. The van der Waals surface area contributed by atoms with Crippen LogP contribution in [0.15, 0.2) is 63.9 Å². The van der Waals surface area contributed by atoms with E-state index >= 15 is 0 Å². The van der Waals surface area contributed by atoms with Crippen molar-refractivity contribution in [3.05, 3.63) is 80.7 Å². The second kappa shape index (κ2) is 8.18. The lowest BCUT2D eigenvalue weighted by Gasteiger charge is -2.05. The molecule has 0 saturated heterocycles. The number of para-hydroxylation sites is 1. The van der Waals surface area contributed by atoms with Crippen molar-refractivity contribution in [1.82, 2.24) is 9.38 Å². The first kappa shape index (κ1) is 19.4. The van der Waals surface area contributed by atoms with Crippen LogP contribution in [0.25, 0.3) is 21.3 Å². The van der Waals surface area contributed by atoms with Gasteiger partial charge in [0, 0.05) is 22.2 Å². The highest BCUT2D eigenvalue weighted by atomic mass is 79.9. The molecule has 0 unspecified atom stereocenters. The highest BCUT2D eigenvalue weighted by molar-refractivity contribution is 9.10. The minimum Gasteiger partial charge on any atom is -0.496 e. The third kappa shape index (κ3) is 4.08. The van der Waals surface area contributed by atoms with Crippen LogP contribution in [0.3, 0.4) is 0 Å². The molecule has 0 aliphatic rings. The Hall–Kier alpha value is -2.97. The Morgan fingerprint density at radius 3 is 2.90 bits per heavy atom. The third-order valence-electron chi connectivity index (χ3n) is 4.20. The summed E-state index contributed by atoms with van der Waals surface area (Å²) in [5.74, 6) is 0.104. The van der Waals surface area contributed by atoms with Crippen molar-refractivity contribution in [2.75, 3.05) is 7.11 Å². The van der Waals surface area contributed by atoms with Gasteiger partial charge < -0.3 is 9.47 Å². The number of thiazole rings is 1. The van der Waals surface area contributed by atoms with Crippen LogP contribution in [0.2, 0.25) is 0 Å². The number of aromatic nitrogens is 2. The predicted molar refractivity (Wildman–Crippen MR) is 116 cm³/mol. The van der Waals surface area contributed by atoms with Gasteiger partial charge in [0.15, 0.2) is 4.96 Å². The average molecular weight is 471 g/mol. The van der Waals surface area contributed by atoms with Gasteiger partial charge in [0.25, 0.3) is 5.56 Å². The average Bonchev–Trinajstić information content (AvgIpc) is 3.09. The van der Waals surface area contributed by atoms with Crippen molar-refractivity contribution in [2.24, 2.45) is 0 Å². The van der Waals surface area contributed by atoms with Gasteiger partial charge in [0.1, 0.15) is 12.4 Å². The van der Waals surface area contributed by atoms with Gasteiger partial charge >= 0.3 is 5.97 Å². The van der Waals surface area contributed by atoms with Crippen LogP contribution >= 0.6 is 27.3 Å². The molecular weight excluding hydrogens is 456 g/mol. The monoisotopic (exact) mass is 470 g/mol. The molecule has 0 N–H and O–H groups in total. The number of halogens is 1. The molecule has 4 rings (SSSR count). The lowest BCUT2D eigenvalue weighted by molar-refractivity contribution is -0.139. The first-order valence-corrected chi connectivity index (χ1v) is 10.2. The summed E-state index contributed by atoms with van der Waals surface area (Å²) in [6.45, 7) is -0.0845. The summed E-state index contributed by atoms with van der Waals surface area (Å²) in [5, 5.41) is 0. The highest BCUT2D eigenvalue weighted by Crippen LogP contribution is 2.25. The number of carbonyl (C=O) groups excluding carboxylic acids is 1. The topological polar surface area (TPSA) is 69.9 Å². The van der Waals surface area contributed by atoms with E-state index < -0.39 is 5.97 Å². The minimum atomic E-state index is -0.537. The van der Waals surface area contributed by atoms with Crippen molar-refractivity contribution in [1.29, 1.82) is 0 Å². The van der Waals surface area contributed by atoms with Crippen molar-refractivity contribution in [3.63, 3.8) is 0 Å². The molecular formula is C21H15BrN2O4S. The third-order valence-corrected chi connectivity index (χ3v) is 5.72. The lowest BCUT2D eigenvalue weighted by atomic mass is 10.2. The van der Waals surface area contributed by atoms with Gasteiger partial charge in [-0.3, -0.25) is 9.20 Å². The van der Waals surface area contributed by atoms with E-state index in [2.05, 4.69) is 20.9 Å². The van der Waals surface area contributed by atoms with Crippen molar-refractivity contribution >= 4 is 54.5 Å². The number of esters is 1. The van der Waals surface area contributed by atoms with E-state index in [0.29, 0.717) is 16.4 Å². The molecule has 29 heavy (non-hydrogen) atoms. The zero-order valence-electron chi connectivity index (χ0n) is 15.3. The van der Waals surface area contributed by atoms with Gasteiger partial charge in [-0.25, -0.2) is 9.78 Å². The lowest BCUT2D eigenvalue weighted by Crippen LogP contribution is -2.15. The van der Waals surface area contributed by atoms with Crippen LogP contribution in [0.5, 0.6) is 5.75 Å². The van der Waals surface area contributed by atoms with Crippen LogP contribution in [-0.4, -0.2) is 22.5 Å². The predicted octanol–water partition coefficient (Wildman–Crippen LogP) is 4.44. The first-order valence-electron chi connectivity index (χ1n) is 8.64. The molecule has 0 spiro atoms. The van der Waals surface area contributed by atoms with Gasteiger partial charge in [0.2, 0.25) is 0 Å². The number of hydrogen-bond donors (Lipinski definition) is 0. The Morgan fingerprint density at radius 2 is 2.07 bits per heavy atom. The molecule has 2 heterocycles. The summed E-state index contributed by atoms with van der Waals surface area (Å²) in [5.41, 5.74) is 1.76. The maximum absolute atomic E-state index is 12.5. The fourth-order valence-corrected chi connectivity index (χ4v) is 4.31. The molecule has 146 valence electrons. The molecule has 8 heteroatoms. The highest BCUT2D eigenvalue weighted by Gasteiger charge is 2.10. The van der Waals surface area contributed by atoms with Crippen LogP contribution in [0.1, 0.15) is 11.3 Å². The Kier molecular flexibility index (Phi) is 5.46. The maximum atomic E-state index is 12.5. The molecule has 4 aromatic rings. The van der Waals surface area contributed by atoms with Crippen LogP contribution in [0, 0.1) is 0 Å². The molecule has 0 fully saturated rings. The molecule has 0 amide bonds. The molecule has 0 atom stereocenters. The second-order valence-electron chi connectivity index (χ2n) is 6.10. The quantitative estimate of drug-likeness (QED) is 0.318. The molecule has 0 aliphatic carbocycles. The number of carbonyl (C=O) groups is 1.